The van der Waals surface area contributed by atoms with Crippen molar-refractivity contribution in [3.05, 3.63) is 124 Å². The van der Waals surface area contributed by atoms with E-state index < -0.39 is 26.3 Å². The van der Waals surface area contributed by atoms with Crippen molar-refractivity contribution in [3.8, 4) is 11.5 Å². The van der Waals surface area contributed by atoms with Crippen molar-refractivity contribution in [2.45, 2.75) is 32.5 Å². The van der Waals surface area contributed by atoms with Gasteiger partial charge in [0.25, 0.3) is 0 Å². The van der Waals surface area contributed by atoms with Crippen LogP contribution in [-0.4, -0.2) is 58.5 Å². The highest BCUT2D eigenvalue weighted by molar-refractivity contribution is 7.90. The van der Waals surface area contributed by atoms with Gasteiger partial charge in [0, 0.05) is 31.2 Å². The minimum atomic E-state index is -3.99. The van der Waals surface area contributed by atoms with E-state index in [9.17, 15) is 16.8 Å². The second-order valence-electron chi connectivity index (χ2n) is 11.2. The molecule has 1 atom stereocenters. The van der Waals surface area contributed by atoms with Crippen LogP contribution in [0.4, 0.5) is 5.69 Å². The summed E-state index contributed by atoms with van der Waals surface area (Å²) < 4.78 is 70.5. The molecule has 1 saturated heterocycles. The number of sulfonamides is 1. The summed E-state index contributed by atoms with van der Waals surface area (Å²) >= 11 is 6.11. The quantitative estimate of drug-likeness (QED) is 0.167. The summed E-state index contributed by atoms with van der Waals surface area (Å²) in [6, 6.07) is 28.4. The maximum Gasteiger partial charge on any atom is 0.304 e. The fraction of sp³-hybridized carbons (Fsp3) is 0.294. The van der Waals surface area contributed by atoms with Gasteiger partial charge < -0.3 is 9.47 Å². The van der Waals surface area contributed by atoms with Gasteiger partial charge >= 0.3 is 10.2 Å². The van der Waals surface area contributed by atoms with Crippen molar-refractivity contribution >= 4 is 37.5 Å². The fourth-order valence-electron chi connectivity index (χ4n) is 5.48. The van der Waals surface area contributed by atoms with Gasteiger partial charge in [-0.2, -0.15) is 17.0 Å². The number of methoxy groups -OCH3 is 2. The van der Waals surface area contributed by atoms with Crippen LogP contribution in [-0.2, 0) is 33.3 Å². The zero-order chi connectivity index (χ0) is 32.9. The van der Waals surface area contributed by atoms with E-state index in [4.69, 9.17) is 21.1 Å². The second kappa shape index (κ2) is 14.4. The Morgan fingerprint density at radius 2 is 1.46 bits per heavy atom. The Labute approximate surface area is 277 Å². The SMILES string of the molecule is COc1ccc(CN(Cc2ccc(C)cc2)S(=O)(=O)CCCN2C[C@H](c3cccc(OC)c3)N(c3ccc(Cl)cc3)S2(=O)=O)cc1. The van der Waals surface area contributed by atoms with E-state index in [1.54, 1.807) is 56.7 Å². The molecule has 5 rings (SSSR count). The zero-order valence-electron chi connectivity index (χ0n) is 26.0. The minimum absolute atomic E-state index is 0.0348. The Balaban J connectivity index is 1.36. The molecule has 1 fully saturated rings. The first-order chi connectivity index (χ1) is 22.0. The highest BCUT2D eigenvalue weighted by atomic mass is 35.5. The average molecular weight is 684 g/mol. The summed E-state index contributed by atoms with van der Waals surface area (Å²) in [6.07, 6.45) is 0.119. The molecule has 0 aliphatic carbocycles. The molecule has 0 saturated carbocycles. The lowest BCUT2D eigenvalue weighted by atomic mass is 10.1. The fourth-order valence-corrected chi connectivity index (χ4v) is 8.89. The third-order valence-corrected chi connectivity index (χ3v) is 12.0. The second-order valence-corrected chi connectivity index (χ2v) is 15.5. The molecule has 1 aliphatic rings. The molecular weight excluding hydrogens is 646 g/mol. The third kappa shape index (κ3) is 7.84. The van der Waals surface area contributed by atoms with Gasteiger partial charge in [0.15, 0.2) is 0 Å². The van der Waals surface area contributed by atoms with Crippen molar-refractivity contribution < 1.29 is 26.3 Å². The summed E-state index contributed by atoms with van der Waals surface area (Å²) in [5, 5.41) is 0.491. The van der Waals surface area contributed by atoms with Gasteiger partial charge in [-0.05, 0) is 78.6 Å². The van der Waals surface area contributed by atoms with Crippen LogP contribution in [0.5, 0.6) is 11.5 Å². The lowest BCUT2D eigenvalue weighted by Gasteiger charge is -2.25. The normalized spacial score (nSPS) is 16.5. The van der Waals surface area contributed by atoms with E-state index in [-0.39, 0.29) is 38.4 Å². The summed E-state index contributed by atoms with van der Waals surface area (Å²) in [4.78, 5) is 0. The number of hydrogen-bond acceptors (Lipinski definition) is 6. The Morgan fingerprint density at radius 3 is 2.07 bits per heavy atom. The number of halogens is 1. The summed E-state index contributed by atoms with van der Waals surface area (Å²) in [5.41, 5.74) is 4.00. The van der Waals surface area contributed by atoms with Crippen LogP contribution in [0.3, 0.4) is 0 Å². The average Bonchev–Trinajstić information content (AvgIpc) is 3.32. The third-order valence-electron chi connectivity index (χ3n) is 7.99. The molecule has 244 valence electrons. The number of ether oxygens (including phenoxy) is 2. The Bertz CT molecular complexity index is 1840. The monoisotopic (exact) mass is 683 g/mol. The zero-order valence-corrected chi connectivity index (χ0v) is 28.4. The summed E-state index contributed by atoms with van der Waals surface area (Å²) in [7, 11) is -4.64. The van der Waals surface area contributed by atoms with Crippen LogP contribution >= 0.6 is 11.6 Å². The molecule has 0 spiro atoms. The number of aryl methyl sites for hydroxylation is 1. The predicted molar refractivity (Wildman–Crippen MR) is 182 cm³/mol. The number of hydrogen-bond donors (Lipinski definition) is 0. The number of rotatable bonds is 13. The largest absolute Gasteiger partial charge is 0.497 e. The molecule has 46 heavy (non-hydrogen) atoms. The van der Waals surface area contributed by atoms with Crippen molar-refractivity contribution in [1.82, 2.24) is 8.61 Å². The van der Waals surface area contributed by atoms with E-state index in [1.807, 2.05) is 61.5 Å². The lowest BCUT2D eigenvalue weighted by Crippen LogP contribution is -2.36. The predicted octanol–water partition coefficient (Wildman–Crippen LogP) is 6.20. The molecular formula is C34H38ClN3O6S2. The number of nitrogens with zero attached hydrogens (tertiary/aromatic N) is 3. The molecule has 12 heteroatoms. The maximum atomic E-state index is 14.0. The lowest BCUT2D eigenvalue weighted by molar-refractivity contribution is 0.392. The van der Waals surface area contributed by atoms with Crippen LogP contribution in [0, 0.1) is 6.92 Å². The molecule has 9 nitrogen and oxygen atoms in total. The molecule has 0 unspecified atom stereocenters. The maximum absolute atomic E-state index is 14.0. The van der Waals surface area contributed by atoms with E-state index in [1.165, 1.54) is 12.9 Å². The van der Waals surface area contributed by atoms with Crippen molar-refractivity contribution in [3.63, 3.8) is 0 Å². The minimum Gasteiger partial charge on any atom is -0.497 e. The van der Waals surface area contributed by atoms with Crippen LogP contribution in [0.1, 0.15) is 34.7 Å². The molecule has 1 aliphatic heterocycles. The Kier molecular flexibility index (Phi) is 10.6. The highest BCUT2D eigenvalue weighted by Gasteiger charge is 2.44. The topological polar surface area (TPSA) is 96.5 Å². The van der Waals surface area contributed by atoms with E-state index >= 15 is 0 Å². The van der Waals surface area contributed by atoms with Crippen molar-refractivity contribution in [1.29, 1.82) is 0 Å². The number of anilines is 1. The Morgan fingerprint density at radius 1 is 0.848 bits per heavy atom. The molecule has 4 aromatic carbocycles. The van der Waals surface area contributed by atoms with E-state index in [0.29, 0.717) is 22.2 Å². The van der Waals surface area contributed by atoms with Gasteiger partial charge in [0.2, 0.25) is 10.0 Å². The molecule has 0 amide bonds. The van der Waals surface area contributed by atoms with Gasteiger partial charge in [0.05, 0.1) is 31.7 Å². The van der Waals surface area contributed by atoms with Gasteiger partial charge in [-0.15, -0.1) is 0 Å². The first kappa shape index (κ1) is 33.7. The highest BCUT2D eigenvalue weighted by Crippen LogP contribution is 2.39. The van der Waals surface area contributed by atoms with Crippen molar-refractivity contribution in [2.75, 3.05) is 37.4 Å². The summed E-state index contributed by atoms with van der Waals surface area (Å²) in [5.74, 6) is 1.08. The van der Waals surface area contributed by atoms with Crippen molar-refractivity contribution in [2.24, 2.45) is 0 Å². The molecule has 0 aromatic heterocycles. The first-order valence-corrected chi connectivity index (χ1v) is 18.2. The molecule has 0 radical (unpaired) electrons. The van der Waals surface area contributed by atoms with E-state index in [2.05, 4.69) is 0 Å². The van der Waals surface area contributed by atoms with Crippen LogP contribution in [0.2, 0.25) is 5.02 Å². The molecule has 0 N–H and O–H groups in total. The molecule has 4 aromatic rings. The van der Waals surface area contributed by atoms with Gasteiger partial charge in [-0.25, -0.2) is 12.7 Å². The smallest absolute Gasteiger partial charge is 0.304 e. The Hall–Kier alpha value is -3.61. The van der Waals surface area contributed by atoms with Gasteiger partial charge in [-0.3, -0.25) is 0 Å². The standard InChI is InChI=1S/C34H38ClN3O6S2/c1-26-8-10-27(11-9-26)23-37(24-28-12-18-32(43-2)19-13-28)45(39,40)21-5-20-36-25-34(29-6-4-7-33(22-29)44-3)38(46(36,41)42)31-16-14-30(35)15-17-31/h4,6-19,22,34H,5,20-21,23-25H2,1-3H3/t34-/m1/s1. The van der Waals surface area contributed by atoms with Crippen LogP contribution < -0.4 is 13.8 Å². The first-order valence-electron chi connectivity index (χ1n) is 14.9. The van der Waals surface area contributed by atoms with Crippen LogP contribution in [0.15, 0.2) is 97.1 Å². The van der Waals surface area contributed by atoms with E-state index in [0.717, 1.165) is 22.3 Å². The van der Waals surface area contributed by atoms with Gasteiger partial charge in [-0.1, -0.05) is 65.7 Å². The molecule has 1 heterocycles. The molecule has 0 bridgehead atoms. The summed E-state index contributed by atoms with van der Waals surface area (Å²) in [6.45, 7) is 2.53. The van der Waals surface area contributed by atoms with Crippen LogP contribution in [0.25, 0.3) is 0 Å². The van der Waals surface area contributed by atoms with Gasteiger partial charge in [0.1, 0.15) is 11.5 Å². The number of benzene rings is 4.